The molecular formula is C12H25N3O. The standard InChI is InChI=1S/C12H25N3O/c1-13-8-7-12(16)14-9-10-15(2)11-5-3-4-6-11/h11,13H,3-10H2,1-2H3,(H,14,16). The minimum Gasteiger partial charge on any atom is -0.355 e. The normalized spacial score (nSPS) is 16.9. The molecule has 1 aliphatic carbocycles. The summed E-state index contributed by atoms with van der Waals surface area (Å²) >= 11 is 0. The Labute approximate surface area is 98.8 Å². The predicted octanol–water partition coefficient (Wildman–Crippen LogP) is 0.587. The molecule has 4 nitrogen and oxygen atoms in total. The Morgan fingerprint density at radius 2 is 2.00 bits per heavy atom. The first-order valence-electron chi connectivity index (χ1n) is 6.35. The molecule has 0 radical (unpaired) electrons. The summed E-state index contributed by atoms with van der Waals surface area (Å²) in [5.74, 6) is 0.147. The van der Waals surface area contributed by atoms with Crippen LogP contribution in [0.2, 0.25) is 0 Å². The van der Waals surface area contributed by atoms with E-state index < -0.39 is 0 Å². The van der Waals surface area contributed by atoms with Gasteiger partial charge in [-0.2, -0.15) is 0 Å². The smallest absolute Gasteiger partial charge is 0.221 e. The summed E-state index contributed by atoms with van der Waals surface area (Å²) in [6.07, 6.45) is 5.95. The van der Waals surface area contributed by atoms with Crippen LogP contribution in [-0.2, 0) is 4.79 Å². The Balaban J connectivity index is 2.03. The summed E-state index contributed by atoms with van der Waals surface area (Å²) in [5.41, 5.74) is 0. The van der Waals surface area contributed by atoms with Crippen LogP contribution in [0.4, 0.5) is 0 Å². The maximum absolute atomic E-state index is 11.3. The molecular weight excluding hydrogens is 202 g/mol. The number of carbonyl (C=O) groups excluding carboxylic acids is 1. The first-order valence-corrected chi connectivity index (χ1v) is 6.35. The molecule has 0 spiro atoms. The zero-order valence-electron chi connectivity index (χ0n) is 10.6. The van der Waals surface area contributed by atoms with Crippen molar-refractivity contribution in [3.8, 4) is 0 Å². The van der Waals surface area contributed by atoms with Gasteiger partial charge in [0, 0.05) is 32.1 Å². The molecule has 2 N–H and O–H groups in total. The van der Waals surface area contributed by atoms with Gasteiger partial charge in [0.25, 0.3) is 0 Å². The maximum Gasteiger partial charge on any atom is 0.221 e. The van der Waals surface area contributed by atoms with Crippen molar-refractivity contribution in [2.75, 3.05) is 33.7 Å². The van der Waals surface area contributed by atoms with Crippen LogP contribution < -0.4 is 10.6 Å². The number of amides is 1. The second-order valence-electron chi connectivity index (χ2n) is 4.62. The van der Waals surface area contributed by atoms with Crippen LogP contribution in [0.15, 0.2) is 0 Å². The van der Waals surface area contributed by atoms with Crippen LogP contribution in [0.25, 0.3) is 0 Å². The van der Waals surface area contributed by atoms with E-state index in [0.29, 0.717) is 6.42 Å². The van der Waals surface area contributed by atoms with Crippen molar-refractivity contribution in [2.24, 2.45) is 0 Å². The van der Waals surface area contributed by atoms with E-state index in [4.69, 9.17) is 0 Å². The predicted molar refractivity (Wildman–Crippen MR) is 66.4 cm³/mol. The maximum atomic E-state index is 11.3. The minimum absolute atomic E-state index is 0.147. The van der Waals surface area contributed by atoms with Gasteiger partial charge in [-0.3, -0.25) is 4.79 Å². The molecule has 0 heterocycles. The number of likely N-dealkylation sites (N-methyl/N-ethyl adjacent to an activating group) is 1. The number of hydrogen-bond donors (Lipinski definition) is 2. The number of nitrogens with zero attached hydrogens (tertiary/aromatic N) is 1. The van der Waals surface area contributed by atoms with Gasteiger partial charge >= 0.3 is 0 Å². The average Bonchev–Trinajstić information content (AvgIpc) is 2.79. The van der Waals surface area contributed by atoms with E-state index in [1.807, 2.05) is 7.05 Å². The monoisotopic (exact) mass is 227 g/mol. The van der Waals surface area contributed by atoms with Crippen molar-refractivity contribution < 1.29 is 4.79 Å². The second kappa shape index (κ2) is 7.63. The quantitative estimate of drug-likeness (QED) is 0.669. The molecule has 94 valence electrons. The molecule has 0 aromatic heterocycles. The fourth-order valence-corrected chi connectivity index (χ4v) is 2.23. The van der Waals surface area contributed by atoms with Crippen LogP contribution in [0.5, 0.6) is 0 Å². The summed E-state index contributed by atoms with van der Waals surface area (Å²) in [7, 11) is 4.02. The lowest BCUT2D eigenvalue weighted by atomic mass is 10.2. The summed E-state index contributed by atoms with van der Waals surface area (Å²) < 4.78 is 0. The van der Waals surface area contributed by atoms with Crippen LogP contribution in [0.3, 0.4) is 0 Å². The molecule has 16 heavy (non-hydrogen) atoms. The van der Waals surface area contributed by atoms with Gasteiger partial charge in [0.1, 0.15) is 0 Å². The van der Waals surface area contributed by atoms with Crippen LogP contribution >= 0.6 is 0 Å². The zero-order chi connectivity index (χ0) is 11.8. The molecule has 0 atom stereocenters. The molecule has 0 aromatic rings. The number of hydrogen-bond acceptors (Lipinski definition) is 3. The molecule has 0 saturated heterocycles. The van der Waals surface area contributed by atoms with Crippen LogP contribution in [0, 0.1) is 0 Å². The summed E-state index contributed by atoms with van der Waals surface area (Å²) in [6.45, 7) is 2.50. The van der Waals surface area contributed by atoms with E-state index in [1.54, 1.807) is 0 Å². The molecule has 0 unspecified atom stereocenters. The van der Waals surface area contributed by atoms with E-state index >= 15 is 0 Å². The Hall–Kier alpha value is -0.610. The molecule has 1 saturated carbocycles. The SMILES string of the molecule is CNCCC(=O)NCCN(C)C1CCCC1. The lowest BCUT2D eigenvalue weighted by Crippen LogP contribution is -2.37. The van der Waals surface area contributed by atoms with Crippen molar-refractivity contribution in [1.29, 1.82) is 0 Å². The topological polar surface area (TPSA) is 44.4 Å². The second-order valence-corrected chi connectivity index (χ2v) is 4.62. The van der Waals surface area contributed by atoms with E-state index in [0.717, 1.165) is 25.7 Å². The lowest BCUT2D eigenvalue weighted by molar-refractivity contribution is -0.121. The highest BCUT2D eigenvalue weighted by Gasteiger charge is 2.18. The van der Waals surface area contributed by atoms with Crippen LogP contribution in [0.1, 0.15) is 32.1 Å². The van der Waals surface area contributed by atoms with Gasteiger partial charge in [0.2, 0.25) is 5.91 Å². The van der Waals surface area contributed by atoms with Crippen molar-refractivity contribution in [2.45, 2.75) is 38.1 Å². The minimum atomic E-state index is 0.147. The van der Waals surface area contributed by atoms with Gasteiger partial charge in [0.15, 0.2) is 0 Å². The van der Waals surface area contributed by atoms with Gasteiger partial charge < -0.3 is 15.5 Å². The van der Waals surface area contributed by atoms with Crippen molar-refractivity contribution in [1.82, 2.24) is 15.5 Å². The lowest BCUT2D eigenvalue weighted by Gasteiger charge is -2.23. The molecule has 0 aliphatic heterocycles. The van der Waals surface area contributed by atoms with E-state index in [1.165, 1.54) is 25.7 Å². The molecule has 4 heteroatoms. The first-order chi connectivity index (χ1) is 7.74. The Morgan fingerprint density at radius 1 is 1.31 bits per heavy atom. The summed E-state index contributed by atoms with van der Waals surface area (Å²) in [6, 6.07) is 0.745. The van der Waals surface area contributed by atoms with Gasteiger partial charge in [-0.05, 0) is 26.9 Å². The third-order valence-corrected chi connectivity index (χ3v) is 3.34. The van der Waals surface area contributed by atoms with E-state index in [9.17, 15) is 4.79 Å². The molecule has 0 bridgehead atoms. The third-order valence-electron chi connectivity index (χ3n) is 3.34. The highest BCUT2D eigenvalue weighted by Crippen LogP contribution is 2.21. The molecule has 1 rings (SSSR count). The zero-order valence-corrected chi connectivity index (χ0v) is 10.6. The number of nitrogens with one attached hydrogen (secondary N) is 2. The Kier molecular flexibility index (Phi) is 6.42. The number of carbonyl (C=O) groups is 1. The number of rotatable bonds is 7. The first kappa shape index (κ1) is 13.5. The van der Waals surface area contributed by atoms with Crippen LogP contribution in [-0.4, -0.2) is 50.6 Å². The van der Waals surface area contributed by atoms with Gasteiger partial charge in [-0.1, -0.05) is 12.8 Å². The molecule has 1 fully saturated rings. The van der Waals surface area contributed by atoms with Crippen molar-refractivity contribution >= 4 is 5.91 Å². The summed E-state index contributed by atoms with van der Waals surface area (Å²) in [4.78, 5) is 13.7. The molecule has 1 amide bonds. The largest absolute Gasteiger partial charge is 0.355 e. The fraction of sp³-hybridized carbons (Fsp3) is 0.917. The summed E-state index contributed by atoms with van der Waals surface area (Å²) in [5, 5.41) is 5.92. The third kappa shape index (κ3) is 4.94. The van der Waals surface area contributed by atoms with E-state index in [2.05, 4.69) is 22.6 Å². The Morgan fingerprint density at radius 3 is 2.62 bits per heavy atom. The van der Waals surface area contributed by atoms with Gasteiger partial charge in [0.05, 0.1) is 0 Å². The van der Waals surface area contributed by atoms with E-state index in [-0.39, 0.29) is 5.91 Å². The van der Waals surface area contributed by atoms with Crippen molar-refractivity contribution in [3.05, 3.63) is 0 Å². The fourth-order valence-electron chi connectivity index (χ4n) is 2.23. The van der Waals surface area contributed by atoms with Gasteiger partial charge in [-0.15, -0.1) is 0 Å². The Bertz CT molecular complexity index is 202. The highest BCUT2D eigenvalue weighted by molar-refractivity contribution is 5.76. The highest BCUT2D eigenvalue weighted by atomic mass is 16.1. The van der Waals surface area contributed by atoms with Crippen molar-refractivity contribution in [3.63, 3.8) is 0 Å². The molecule has 0 aromatic carbocycles. The van der Waals surface area contributed by atoms with Gasteiger partial charge in [-0.25, -0.2) is 0 Å². The molecule has 1 aliphatic rings. The average molecular weight is 227 g/mol.